The molecule has 1 unspecified atom stereocenters. The lowest BCUT2D eigenvalue weighted by atomic mass is 10.0. The van der Waals surface area contributed by atoms with Crippen LogP contribution in [0.25, 0.3) is 0 Å². The second-order valence-corrected chi connectivity index (χ2v) is 4.72. The van der Waals surface area contributed by atoms with Crippen molar-refractivity contribution in [3.8, 4) is 0 Å². The van der Waals surface area contributed by atoms with Crippen LogP contribution >= 0.6 is 22.9 Å². The number of rotatable bonds is 3. The van der Waals surface area contributed by atoms with E-state index in [2.05, 4.69) is 19.9 Å². The second-order valence-electron chi connectivity index (χ2n) is 2.92. The van der Waals surface area contributed by atoms with E-state index in [9.17, 15) is 0 Å². The molecule has 1 heterocycles. The van der Waals surface area contributed by atoms with Gasteiger partial charge in [0, 0.05) is 4.88 Å². The molecule has 0 aliphatic heterocycles. The lowest BCUT2D eigenvalue weighted by Gasteiger charge is -2.04. The molecule has 0 radical (unpaired) electrons. The highest BCUT2D eigenvalue weighted by Crippen LogP contribution is 2.24. The molecule has 0 bridgehead atoms. The Balaban J connectivity index is 2.50. The van der Waals surface area contributed by atoms with E-state index in [1.54, 1.807) is 11.3 Å². The summed E-state index contributed by atoms with van der Waals surface area (Å²) in [5.41, 5.74) is 0. The van der Waals surface area contributed by atoms with Gasteiger partial charge >= 0.3 is 0 Å². The monoisotopic (exact) mass is 188 g/mol. The molecule has 0 aliphatic rings. The van der Waals surface area contributed by atoms with Gasteiger partial charge in [0.1, 0.15) is 0 Å². The maximum Gasteiger partial charge on any atom is 0.0931 e. The van der Waals surface area contributed by atoms with Crippen molar-refractivity contribution in [2.24, 2.45) is 5.92 Å². The summed E-state index contributed by atoms with van der Waals surface area (Å²) in [6.45, 7) is 4.49. The smallest absolute Gasteiger partial charge is 0.0931 e. The van der Waals surface area contributed by atoms with Crippen LogP contribution in [0.3, 0.4) is 0 Å². The topological polar surface area (TPSA) is 0 Å². The van der Waals surface area contributed by atoms with E-state index in [1.807, 2.05) is 6.07 Å². The minimum absolute atomic E-state index is 0.782. The van der Waals surface area contributed by atoms with Crippen LogP contribution in [0.1, 0.15) is 25.1 Å². The Morgan fingerprint density at radius 2 is 2.27 bits per heavy atom. The molecule has 62 valence electrons. The Hall–Kier alpha value is -0.0100. The first-order valence-electron chi connectivity index (χ1n) is 3.96. The summed E-state index contributed by atoms with van der Waals surface area (Å²) >= 11 is 7.50. The first-order valence-corrected chi connectivity index (χ1v) is 5.16. The molecule has 0 fully saturated rings. The zero-order chi connectivity index (χ0) is 8.27. The largest absolute Gasteiger partial charge is 0.128 e. The summed E-state index contributed by atoms with van der Waals surface area (Å²) < 4.78 is 0.906. The predicted molar refractivity (Wildman–Crippen MR) is 52.5 cm³/mol. The molecule has 1 rings (SSSR count). The highest BCUT2D eigenvalue weighted by atomic mass is 35.5. The van der Waals surface area contributed by atoms with Gasteiger partial charge in [-0.3, -0.25) is 0 Å². The van der Waals surface area contributed by atoms with Gasteiger partial charge in [0.2, 0.25) is 0 Å². The van der Waals surface area contributed by atoms with Crippen molar-refractivity contribution in [1.29, 1.82) is 0 Å². The van der Waals surface area contributed by atoms with Gasteiger partial charge in [-0.25, -0.2) is 0 Å². The average Bonchev–Trinajstić information content (AvgIpc) is 2.35. The van der Waals surface area contributed by atoms with Crippen molar-refractivity contribution < 1.29 is 0 Å². The van der Waals surface area contributed by atoms with Crippen LogP contribution in [0.5, 0.6) is 0 Å². The molecule has 0 N–H and O–H groups in total. The molecular formula is C9H13ClS. The first kappa shape index (κ1) is 9.08. The maximum atomic E-state index is 5.81. The molecule has 0 nitrogen and oxygen atoms in total. The van der Waals surface area contributed by atoms with Crippen LogP contribution in [0.15, 0.2) is 12.1 Å². The third-order valence-electron chi connectivity index (χ3n) is 1.88. The van der Waals surface area contributed by atoms with Gasteiger partial charge in [0.25, 0.3) is 0 Å². The van der Waals surface area contributed by atoms with E-state index in [0.29, 0.717) is 0 Å². The van der Waals surface area contributed by atoms with Crippen molar-refractivity contribution in [3.63, 3.8) is 0 Å². The molecule has 0 amide bonds. The van der Waals surface area contributed by atoms with Crippen LogP contribution < -0.4 is 0 Å². The fourth-order valence-electron chi connectivity index (χ4n) is 0.949. The Bertz CT molecular complexity index is 217. The third-order valence-corrected chi connectivity index (χ3v) is 3.13. The molecule has 0 saturated heterocycles. The quantitative estimate of drug-likeness (QED) is 0.673. The van der Waals surface area contributed by atoms with E-state index in [1.165, 1.54) is 17.7 Å². The van der Waals surface area contributed by atoms with Crippen molar-refractivity contribution in [2.45, 2.75) is 26.7 Å². The van der Waals surface area contributed by atoms with Gasteiger partial charge in [-0.15, -0.1) is 11.3 Å². The lowest BCUT2D eigenvalue weighted by Crippen LogP contribution is -1.94. The van der Waals surface area contributed by atoms with Gasteiger partial charge < -0.3 is 0 Å². The van der Waals surface area contributed by atoms with Crippen molar-refractivity contribution in [2.75, 3.05) is 0 Å². The Kier molecular flexibility index (Phi) is 3.41. The summed E-state index contributed by atoms with van der Waals surface area (Å²) in [7, 11) is 0. The van der Waals surface area contributed by atoms with Crippen molar-refractivity contribution >= 4 is 22.9 Å². The molecule has 2 heteroatoms. The third kappa shape index (κ3) is 2.84. The summed E-state index contributed by atoms with van der Waals surface area (Å²) in [4.78, 5) is 1.41. The molecule has 11 heavy (non-hydrogen) atoms. The van der Waals surface area contributed by atoms with Gasteiger partial charge in [-0.2, -0.15) is 0 Å². The predicted octanol–water partition coefficient (Wildman–Crippen LogP) is 3.99. The van der Waals surface area contributed by atoms with Gasteiger partial charge in [0.05, 0.1) is 4.34 Å². The first-order chi connectivity index (χ1) is 5.22. The Labute approximate surface area is 77.2 Å². The Morgan fingerprint density at radius 1 is 1.55 bits per heavy atom. The average molecular weight is 189 g/mol. The summed E-state index contributed by atoms with van der Waals surface area (Å²) in [5.74, 6) is 0.782. The lowest BCUT2D eigenvalue weighted by molar-refractivity contribution is 0.565. The molecule has 0 aliphatic carbocycles. The van der Waals surface area contributed by atoms with E-state index in [-0.39, 0.29) is 0 Å². The Morgan fingerprint density at radius 3 is 2.73 bits per heavy atom. The molecule has 0 aromatic carbocycles. The van der Waals surface area contributed by atoms with E-state index >= 15 is 0 Å². The number of hydrogen-bond acceptors (Lipinski definition) is 1. The molecule has 1 aromatic rings. The molecule has 0 saturated carbocycles. The molecular weight excluding hydrogens is 176 g/mol. The molecule has 1 aromatic heterocycles. The minimum Gasteiger partial charge on any atom is -0.128 e. The zero-order valence-electron chi connectivity index (χ0n) is 6.93. The van der Waals surface area contributed by atoms with Gasteiger partial charge in [-0.05, 0) is 24.5 Å². The highest BCUT2D eigenvalue weighted by molar-refractivity contribution is 7.16. The van der Waals surface area contributed by atoms with Crippen LogP contribution in [0, 0.1) is 5.92 Å². The summed E-state index contributed by atoms with van der Waals surface area (Å²) in [6.07, 6.45) is 2.42. The number of halogens is 1. The summed E-state index contributed by atoms with van der Waals surface area (Å²) in [5, 5.41) is 0. The van der Waals surface area contributed by atoms with E-state index < -0.39 is 0 Å². The fraction of sp³-hybridized carbons (Fsp3) is 0.556. The van der Waals surface area contributed by atoms with Crippen molar-refractivity contribution in [1.82, 2.24) is 0 Å². The second kappa shape index (κ2) is 4.13. The normalized spacial score (nSPS) is 13.4. The van der Waals surface area contributed by atoms with Crippen LogP contribution in [0.4, 0.5) is 0 Å². The van der Waals surface area contributed by atoms with Gasteiger partial charge in [-0.1, -0.05) is 31.9 Å². The maximum absolute atomic E-state index is 5.81. The minimum atomic E-state index is 0.782. The van der Waals surface area contributed by atoms with Crippen molar-refractivity contribution in [3.05, 3.63) is 21.3 Å². The molecule has 0 spiro atoms. The van der Waals surface area contributed by atoms with E-state index in [4.69, 9.17) is 11.6 Å². The number of hydrogen-bond donors (Lipinski definition) is 0. The fourth-order valence-corrected chi connectivity index (χ4v) is 2.20. The number of thiophene rings is 1. The van der Waals surface area contributed by atoms with E-state index in [0.717, 1.165) is 10.3 Å². The van der Waals surface area contributed by atoms with Crippen LogP contribution in [-0.2, 0) is 6.42 Å². The molecule has 1 atom stereocenters. The highest BCUT2D eigenvalue weighted by Gasteiger charge is 2.02. The standard InChI is InChI=1S/C9H13ClS/c1-3-7(2)6-8-4-5-9(10)11-8/h4-5,7H,3,6H2,1-2H3. The van der Waals surface area contributed by atoms with Gasteiger partial charge in [0.15, 0.2) is 0 Å². The zero-order valence-corrected chi connectivity index (χ0v) is 8.50. The van der Waals surface area contributed by atoms with Crippen LogP contribution in [-0.4, -0.2) is 0 Å². The SMILES string of the molecule is CCC(C)Cc1ccc(Cl)s1. The van der Waals surface area contributed by atoms with Crippen LogP contribution in [0.2, 0.25) is 4.34 Å². The summed E-state index contributed by atoms with van der Waals surface area (Å²) in [6, 6.07) is 4.10.